The molecule has 0 bridgehead atoms. The van der Waals surface area contributed by atoms with Crippen LogP contribution in [0.15, 0.2) is 24.3 Å². The highest BCUT2D eigenvalue weighted by atomic mass is 19.1. The largest absolute Gasteiger partial charge is 0.356 e. The van der Waals surface area contributed by atoms with Crippen molar-refractivity contribution in [3.63, 3.8) is 0 Å². The number of nitrogens with one attached hydrogen (secondary N) is 1. The molecule has 1 fully saturated rings. The van der Waals surface area contributed by atoms with Gasteiger partial charge < -0.3 is 5.32 Å². The summed E-state index contributed by atoms with van der Waals surface area (Å²) in [5, 5.41) is 2.85. The van der Waals surface area contributed by atoms with E-state index in [4.69, 9.17) is 0 Å². The van der Waals surface area contributed by atoms with Gasteiger partial charge in [-0.1, -0.05) is 25.1 Å². The lowest BCUT2D eigenvalue weighted by Gasteiger charge is -2.05. The second-order valence-electron chi connectivity index (χ2n) is 4.45. The molecule has 0 radical (unpaired) electrons. The van der Waals surface area contributed by atoms with Crippen LogP contribution in [0, 0.1) is 17.7 Å². The third-order valence-electron chi connectivity index (χ3n) is 3.10. The molecule has 0 spiro atoms. The molecule has 1 aliphatic rings. The quantitative estimate of drug-likeness (QED) is 0.829. The summed E-state index contributed by atoms with van der Waals surface area (Å²) in [5.41, 5.74) is 0.659. The van der Waals surface area contributed by atoms with Crippen molar-refractivity contribution in [1.82, 2.24) is 5.32 Å². The van der Waals surface area contributed by atoms with Crippen molar-refractivity contribution >= 4 is 5.91 Å². The number of carbonyl (C=O) groups is 1. The Balaban J connectivity index is 1.76. The number of rotatable bonds is 4. The maximum atomic E-state index is 13.2. The van der Waals surface area contributed by atoms with Crippen LogP contribution < -0.4 is 5.32 Å². The SMILES string of the molecule is C[C@H]1C[C@H]1C(=O)NCCc1ccccc1F. The first-order valence-corrected chi connectivity index (χ1v) is 5.69. The Morgan fingerprint density at radius 3 is 2.81 bits per heavy atom. The normalized spacial score (nSPS) is 22.9. The molecule has 1 aliphatic carbocycles. The summed E-state index contributed by atoms with van der Waals surface area (Å²) in [6.07, 6.45) is 1.55. The molecule has 2 atom stereocenters. The number of benzene rings is 1. The van der Waals surface area contributed by atoms with Crippen LogP contribution in [0.25, 0.3) is 0 Å². The molecule has 3 heteroatoms. The summed E-state index contributed by atoms with van der Waals surface area (Å²) in [5.74, 6) is 0.634. The number of hydrogen-bond donors (Lipinski definition) is 1. The molecule has 0 aromatic heterocycles. The van der Waals surface area contributed by atoms with E-state index in [1.807, 2.05) is 6.07 Å². The predicted octanol–water partition coefficient (Wildman–Crippen LogP) is 2.14. The van der Waals surface area contributed by atoms with E-state index in [2.05, 4.69) is 12.2 Å². The van der Waals surface area contributed by atoms with E-state index >= 15 is 0 Å². The Morgan fingerprint density at radius 2 is 2.19 bits per heavy atom. The highest BCUT2D eigenvalue weighted by molar-refractivity contribution is 5.81. The van der Waals surface area contributed by atoms with Gasteiger partial charge in [0.15, 0.2) is 0 Å². The number of carbonyl (C=O) groups excluding carboxylic acids is 1. The topological polar surface area (TPSA) is 29.1 Å². The zero-order valence-electron chi connectivity index (χ0n) is 9.37. The third-order valence-corrected chi connectivity index (χ3v) is 3.10. The summed E-state index contributed by atoms with van der Waals surface area (Å²) in [6, 6.07) is 6.67. The van der Waals surface area contributed by atoms with E-state index in [1.165, 1.54) is 6.07 Å². The van der Waals surface area contributed by atoms with Crippen molar-refractivity contribution in [2.45, 2.75) is 19.8 Å². The molecule has 1 amide bonds. The fourth-order valence-electron chi connectivity index (χ4n) is 1.84. The summed E-state index contributed by atoms with van der Waals surface area (Å²) >= 11 is 0. The summed E-state index contributed by atoms with van der Waals surface area (Å²) in [7, 11) is 0. The van der Waals surface area contributed by atoms with Gasteiger partial charge in [0.25, 0.3) is 0 Å². The first-order chi connectivity index (χ1) is 7.68. The molecule has 0 heterocycles. The van der Waals surface area contributed by atoms with Crippen LogP contribution in [0.5, 0.6) is 0 Å². The molecule has 1 saturated carbocycles. The maximum Gasteiger partial charge on any atom is 0.223 e. The Bertz CT molecular complexity index is 391. The number of halogens is 1. The molecule has 1 aromatic rings. The fraction of sp³-hybridized carbons (Fsp3) is 0.462. The fourth-order valence-corrected chi connectivity index (χ4v) is 1.84. The minimum absolute atomic E-state index is 0.115. The van der Waals surface area contributed by atoms with Crippen molar-refractivity contribution in [2.24, 2.45) is 11.8 Å². The molecule has 0 saturated heterocycles. The van der Waals surface area contributed by atoms with Gasteiger partial charge >= 0.3 is 0 Å². The lowest BCUT2D eigenvalue weighted by Crippen LogP contribution is -2.27. The van der Waals surface area contributed by atoms with Gasteiger partial charge in [-0.15, -0.1) is 0 Å². The Kier molecular flexibility index (Phi) is 3.22. The predicted molar refractivity (Wildman–Crippen MR) is 60.4 cm³/mol. The highest BCUT2D eigenvalue weighted by Gasteiger charge is 2.38. The minimum Gasteiger partial charge on any atom is -0.356 e. The molecule has 1 N–H and O–H groups in total. The third kappa shape index (κ3) is 2.60. The van der Waals surface area contributed by atoms with Gasteiger partial charge in [0.1, 0.15) is 5.82 Å². The molecule has 0 aliphatic heterocycles. The summed E-state index contributed by atoms with van der Waals surface area (Å²) in [6.45, 7) is 2.59. The highest BCUT2D eigenvalue weighted by Crippen LogP contribution is 2.37. The molecule has 1 aromatic carbocycles. The molecular weight excluding hydrogens is 205 g/mol. The molecule has 0 unspecified atom stereocenters. The van der Waals surface area contributed by atoms with Crippen LogP contribution in [-0.4, -0.2) is 12.5 Å². The average molecular weight is 221 g/mol. The van der Waals surface area contributed by atoms with E-state index in [9.17, 15) is 9.18 Å². The van der Waals surface area contributed by atoms with Gasteiger partial charge in [0.05, 0.1) is 0 Å². The maximum absolute atomic E-state index is 13.2. The zero-order chi connectivity index (χ0) is 11.5. The molecule has 2 nitrogen and oxygen atoms in total. The van der Waals surface area contributed by atoms with E-state index in [0.717, 1.165) is 6.42 Å². The smallest absolute Gasteiger partial charge is 0.223 e. The van der Waals surface area contributed by atoms with Crippen molar-refractivity contribution < 1.29 is 9.18 Å². The lowest BCUT2D eigenvalue weighted by molar-refractivity contribution is -0.122. The van der Waals surface area contributed by atoms with Gasteiger partial charge in [-0.2, -0.15) is 0 Å². The standard InChI is InChI=1S/C13H16FNO/c1-9-8-11(9)13(16)15-7-6-10-4-2-3-5-12(10)14/h2-5,9,11H,6-8H2,1H3,(H,15,16)/t9-,11+/m0/s1. The second-order valence-corrected chi connectivity index (χ2v) is 4.45. The molecular formula is C13H16FNO. The van der Waals surface area contributed by atoms with Crippen molar-refractivity contribution in [3.05, 3.63) is 35.6 Å². The van der Waals surface area contributed by atoms with Crippen molar-refractivity contribution in [3.8, 4) is 0 Å². The van der Waals surface area contributed by atoms with Crippen LogP contribution in [0.2, 0.25) is 0 Å². The second kappa shape index (κ2) is 4.64. The average Bonchev–Trinajstić information content (AvgIpc) is 2.98. The van der Waals surface area contributed by atoms with Crippen LogP contribution >= 0.6 is 0 Å². The van der Waals surface area contributed by atoms with Crippen LogP contribution in [-0.2, 0) is 11.2 Å². The first-order valence-electron chi connectivity index (χ1n) is 5.69. The van der Waals surface area contributed by atoms with E-state index in [1.54, 1.807) is 12.1 Å². The van der Waals surface area contributed by atoms with E-state index < -0.39 is 0 Å². The monoisotopic (exact) mass is 221 g/mol. The summed E-state index contributed by atoms with van der Waals surface area (Å²) < 4.78 is 13.2. The van der Waals surface area contributed by atoms with Gasteiger partial charge in [0.2, 0.25) is 5.91 Å². The number of hydrogen-bond acceptors (Lipinski definition) is 1. The van der Waals surface area contributed by atoms with Crippen LogP contribution in [0.1, 0.15) is 18.9 Å². The number of amides is 1. The molecule has 16 heavy (non-hydrogen) atoms. The lowest BCUT2D eigenvalue weighted by atomic mass is 10.1. The minimum atomic E-state index is -0.198. The van der Waals surface area contributed by atoms with Gasteiger partial charge in [-0.25, -0.2) is 4.39 Å². The van der Waals surface area contributed by atoms with Gasteiger partial charge in [0, 0.05) is 12.5 Å². The molecule has 2 rings (SSSR count). The summed E-state index contributed by atoms with van der Waals surface area (Å²) in [4.78, 5) is 11.5. The van der Waals surface area contributed by atoms with Gasteiger partial charge in [-0.3, -0.25) is 4.79 Å². The Labute approximate surface area is 94.9 Å². The van der Waals surface area contributed by atoms with E-state index in [-0.39, 0.29) is 17.6 Å². The first kappa shape index (κ1) is 11.1. The molecule has 86 valence electrons. The van der Waals surface area contributed by atoms with Crippen LogP contribution in [0.4, 0.5) is 4.39 Å². The van der Waals surface area contributed by atoms with Gasteiger partial charge in [-0.05, 0) is 30.4 Å². The van der Waals surface area contributed by atoms with Crippen molar-refractivity contribution in [2.75, 3.05) is 6.54 Å². The van der Waals surface area contributed by atoms with Crippen LogP contribution in [0.3, 0.4) is 0 Å². The van der Waals surface area contributed by atoms with E-state index in [0.29, 0.717) is 24.4 Å². The zero-order valence-corrected chi connectivity index (χ0v) is 9.37. The van der Waals surface area contributed by atoms with Crippen molar-refractivity contribution in [1.29, 1.82) is 0 Å². The Morgan fingerprint density at radius 1 is 1.50 bits per heavy atom. The Hall–Kier alpha value is -1.38.